The number of unbranched alkanes of at least 4 members (excludes halogenated alkanes) is 2. The van der Waals surface area contributed by atoms with Crippen molar-refractivity contribution in [2.24, 2.45) is 11.8 Å². The second-order valence-corrected chi connectivity index (χ2v) is 15.1. The van der Waals surface area contributed by atoms with E-state index in [1.807, 2.05) is 97.1 Å². The maximum absolute atomic E-state index is 6.05. The van der Waals surface area contributed by atoms with Crippen LogP contribution in [0.25, 0.3) is 0 Å². The Morgan fingerprint density at radius 2 is 0.672 bits per heavy atom. The average Bonchev–Trinajstić information content (AvgIpc) is 3.26. The molecular weight excluding hydrogens is 705 g/mol. The van der Waals surface area contributed by atoms with E-state index in [1.54, 1.807) is 0 Å². The quantitative estimate of drug-likeness (QED) is 0.105. The number of hydrogen-bond donors (Lipinski definition) is 0. The Kier molecular flexibility index (Phi) is 17.3. The third kappa shape index (κ3) is 14.2. The molecule has 2 heteroatoms. The highest BCUT2D eigenvalue weighted by molar-refractivity contribution is 5.56. The minimum Gasteiger partial charge on any atom is -0.493 e. The molecule has 0 aliphatic heterocycles. The molecule has 0 N–H and O–H groups in total. The van der Waals surface area contributed by atoms with Crippen LogP contribution in [0.4, 0.5) is 0 Å². The van der Waals surface area contributed by atoms with Crippen LogP contribution in [0.1, 0.15) is 135 Å². The molecule has 0 aromatic heterocycles. The van der Waals surface area contributed by atoms with Crippen LogP contribution in [-0.4, -0.2) is 13.2 Å². The second kappa shape index (κ2) is 23.2. The molecule has 0 saturated carbocycles. The molecule has 5 rings (SSSR count). The highest BCUT2D eigenvalue weighted by atomic mass is 16.5. The van der Waals surface area contributed by atoms with Gasteiger partial charge in [0.05, 0.1) is 13.2 Å². The van der Waals surface area contributed by atoms with E-state index >= 15 is 0 Å². The smallest absolute Gasteiger partial charge is 0.119 e. The third-order valence-corrected chi connectivity index (χ3v) is 10.5. The van der Waals surface area contributed by atoms with Gasteiger partial charge in [-0.15, -0.1) is 0 Å². The Hall–Kier alpha value is -6.06. The molecular formula is C56H58O2. The van der Waals surface area contributed by atoms with Crippen molar-refractivity contribution in [1.82, 2.24) is 0 Å². The summed E-state index contributed by atoms with van der Waals surface area (Å²) in [6, 6.07) is 36.6. The van der Waals surface area contributed by atoms with E-state index in [0.29, 0.717) is 11.8 Å². The van der Waals surface area contributed by atoms with E-state index in [-0.39, 0.29) is 0 Å². The van der Waals surface area contributed by atoms with Crippen molar-refractivity contribution < 1.29 is 9.47 Å². The lowest BCUT2D eigenvalue weighted by Crippen LogP contribution is -2.11. The topological polar surface area (TPSA) is 18.5 Å². The Balaban J connectivity index is 1.13. The van der Waals surface area contributed by atoms with Gasteiger partial charge in [-0.3, -0.25) is 0 Å². The monoisotopic (exact) mass is 762 g/mol. The molecule has 2 atom stereocenters. The van der Waals surface area contributed by atoms with Crippen molar-refractivity contribution in [3.63, 3.8) is 0 Å². The SMILES string of the molecule is CCCCC(CC)COc1ccc(C#Cc2ccc(C#Cc3cc(C)c(C#Cc4ccc(C#Cc5ccc(OCC(CC)CCCC)cc5)cc4)cc3C)cc2)cc1. The van der Waals surface area contributed by atoms with Crippen LogP contribution in [0.15, 0.2) is 109 Å². The van der Waals surface area contributed by atoms with Gasteiger partial charge in [0.25, 0.3) is 0 Å². The van der Waals surface area contributed by atoms with Gasteiger partial charge in [0.2, 0.25) is 0 Å². The first kappa shape index (κ1) is 43.1. The lowest BCUT2D eigenvalue weighted by Gasteiger charge is -2.15. The van der Waals surface area contributed by atoms with E-state index in [9.17, 15) is 0 Å². The molecule has 0 saturated heterocycles. The summed E-state index contributed by atoms with van der Waals surface area (Å²) in [6.45, 7) is 14.7. The fourth-order valence-corrected chi connectivity index (χ4v) is 6.42. The normalized spacial score (nSPS) is 11.3. The number of hydrogen-bond acceptors (Lipinski definition) is 2. The summed E-state index contributed by atoms with van der Waals surface area (Å²) in [5.74, 6) is 29.5. The zero-order valence-electron chi connectivity index (χ0n) is 35.4. The van der Waals surface area contributed by atoms with Crippen LogP contribution in [0, 0.1) is 73.0 Å². The van der Waals surface area contributed by atoms with Gasteiger partial charge in [-0.2, -0.15) is 0 Å². The lowest BCUT2D eigenvalue weighted by molar-refractivity contribution is 0.233. The molecule has 5 aromatic rings. The molecule has 0 aliphatic carbocycles. The standard InChI is InChI=1S/C56H58O2/c1-7-11-13-45(9-3)41-57-55-35-29-51(30-36-55)25-19-47-15-21-49(22-16-47)27-33-53-39-44(6)54(40-43(53)5)34-28-50-23-17-48(18-24-50)20-26-52-31-37-56(38-32-52)58-42-46(10-4)14-12-8-2/h15-18,21-24,29-32,35-40,45-46H,7-14,41-42H2,1-6H3. The maximum atomic E-state index is 6.05. The first-order valence-corrected chi connectivity index (χ1v) is 21.2. The van der Waals surface area contributed by atoms with Crippen LogP contribution < -0.4 is 9.47 Å². The molecule has 0 bridgehead atoms. The summed E-state index contributed by atoms with van der Waals surface area (Å²) in [5.41, 5.74) is 9.95. The highest BCUT2D eigenvalue weighted by Crippen LogP contribution is 2.20. The summed E-state index contributed by atoms with van der Waals surface area (Å²) in [4.78, 5) is 0. The average molecular weight is 763 g/mol. The molecule has 0 fully saturated rings. The third-order valence-electron chi connectivity index (χ3n) is 10.5. The Labute approximate surface area is 349 Å². The minimum atomic E-state index is 0.615. The molecule has 2 nitrogen and oxygen atoms in total. The predicted octanol–water partition coefficient (Wildman–Crippen LogP) is 13.1. The van der Waals surface area contributed by atoms with Gasteiger partial charge in [-0.25, -0.2) is 0 Å². The molecule has 2 unspecified atom stereocenters. The van der Waals surface area contributed by atoms with E-state index in [0.717, 1.165) is 93.2 Å². The zero-order chi connectivity index (χ0) is 41.0. The molecule has 0 heterocycles. The van der Waals surface area contributed by atoms with Crippen LogP contribution >= 0.6 is 0 Å². The van der Waals surface area contributed by atoms with E-state index in [2.05, 4.69) is 101 Å². The molecule has 0 spiro atoms. The first-order valence-electron chi connectivity index (χ1n) is 21.2. The maximum Gasteiger partial charge on any atom is 0.119 e. The summed E-state index contributed by atoms with van der Waals surface area (Å²) in [6.07, 6.45) is 9.74. The number of benzene rings is 5. The van der Waals surface area contributed by atoms with Crippen molar-refractivity contribution in [2.45, 2.75) is 92.9 Å². The van der Waals surface area contributed by atoms with Crippen LogP contribution in [0.5, 0.6) is 11.5 Å². The van der Waals surface area contributed by atoms with Crippen LogP contribution in [0.2, 0.25) is 0 Å². The number of rotatable bonds is 14. The summed E-state index contributed by atoms with van der Waals surface area (Å²) < 4.78 is 12.1. The zero-order valence-corrected chi connectivity index (χ0v) is 35.4. The lowest BCUT2D eigenvalue weighted by atomic mass is 9.99. The molecule has 0 radical (unpaired) electrons. The van der Waals surface area contributed by atoms with Crippen molar-refractivity contribution in [2.75, 3.05) is 13.2 Å². The molecule has 294 valence electrons. The van der Waals surface area contributed by atoms with Gasteiger partial charge in [-0.05, 0) is 159 Å². The molecule has 0 amide bonds. The van der Waals surface area contributed by atoms with Gasteiger partial charge in [0.1, 0.15) is 11.5 Å². The van der Waals surface area contributed by atoms with E-state index in [1.165, 1.54) is 38.5 Å². The largest absolute Gasteiger partial charge is 0.493 e. The van der Waals surface area contributed by atoms with E-state index < -0.39 is 0 Å². The highest BCUT2D eigenvalue weighted by Gasteiger charge is 2.08. The van der Waals surface area contributed by atoms with Gasteiger partial charge in [0, 0.05) is 44.5 Å². The Morgan fingerprint density at radius 3 is 0.948 bits per heavy atom. The van der Waals surface area contributed by atoms with Crippen molar-refractivity contribution in [3.8, 4) is 58.9 Å². The van der Waals surface area contributed by atoms with Gasteiger partial charge in [-0.1, -0.05) is 114 Å². The Morgan fingerprint density at radius 1 is 0.397 bits per heavy atom. The fraction of sp³-hybridized carbons (Fsp3) is 0.321. The molecule has 0 aliphatic rings. The summed E-state index contributed by atoms with van der Waals surface area (Å²) >= 11 is 0. The van der Waals surface area contributed by atoms with Crippen LogP contribution in [-0.2, 0) is 0 Å². The van der Waals surface area contributed by atoms with Crippen molar-refractivity contribution in [1.29, 1.82) is 0 Å². The van der Waals surface area contributed by atoms with Gasteiger partial charge in [0.15, 0.2) is 0 Å². The fourth-order valence-electron chi connectivity index (χ4n) is 6.42. The second-order valence-electron chi connectivity index (χ2n) is 15.1. The number of aryl methyl sites for hydroxylation is 2. The van der Waals surface area contributed by atoms with Gasteiger partial charge < -0.3 is 9.47 Å². The summed E-state index contributed by atoms with van der Waals surface area (Å²) in [5, 5.41) is 0. The van der Waals surface area contributed by atoms with Gasteiger partial charge >= 0.3 is 0 Å². The molecule has 58 heavy (non-hydrogen) atoms. The Bertz CT molecular complexity index is 2130. The summed E-state index contributed by atoms with van der Waals surface area (Å²) in [7, 11) is 0. The number of ether oxygens (including phenoxy) is 2. The molecule has 5 aromatic carbocycles. The van der Waals surface area contributed by atoms with Crippen LogP contribution in [0.3, 0.4) is 0 Å². The van der Waals surface area contributed by atoms with Crippen molar-refractivity contribution >= 4 is 0 Å². The predicted molar refractivity (Wildman–Crippen MR) is 243 cm³/mol. The van der Waals surface area contributed by atoms with E-state index in [4.69, 9.17) is 9.47 Å². The van der Waals surface area contributed by atoms with Crippen molar-refractivity contribution in [3.05, 3.63) is 165 Å². The first-order chi connectivity index (χ1) is 28.3. The minimum absolute atomic E-state index is 0.615.